The van der Waals surface area contributed by atoms with Gasteiger partial charge in [-0.2, -0.15) is 0 Å². The number of sulfone groups is 2. The Morgan fingerprint density at radius 2 is 1.75 bits per heavy atom. The third-order valence-corrected chi connectivity index (χ3v) is 8.55. The summed E-state index contributed by atoms with van der Waals surface area (Å²) in [5.41, 5.74) is 0.412. The summed E-state index contributed by atoms with van der Waals surface area (Å²) >= 11 is 0. The molecular formula is C15H19NO6S2. The van der Waals surface area contributed by atoms with Crippen LogP contribution in [-0.2, 0) is 24.4 Å². The number of nitrogens with zero attached hydrogens (tertiary/aromatic N) is 1. The van der Waals surface area contributed by atoms with Gasteiger partial charge in [0.2, 0.25) is 0 Å². The van der Waals surface area contributed by atoms with Gasteiger partial charge in [-0.15, -0.1) is 0 Å². The molecule has 2 aliphatic rings. The number of hydrogen-bond acceptors (Lipinski definition) is 6. The highest BCUT2D eigenvalue weighted by atomic mass is 32.2. The highest BCUT2D eigenvalue weighted by Crippen LogP contribution is 2.25. The molecule has 0 aliphatic carbocycles. The molecule has 3 rings (SSSR count). The third-order valence-electron chi connectivity index (χ3n) is 4.36. The van der Waals surface area contributed by atoms with Crippen LogP contribution in [0.25, 0.3) is 0 Å². The molecule has 0 bridgehead atoms. The van der Waals surface area contributed by atoms with Gasteiger partial charge >= 0.3 is 0 Å². The fraction of sp³-hybridized carbons (Fsp3) is 0.533. The van der Waals surface area contributed by atoms with Crippen LogP contribution < -0.4 is 0 Å². The van der Waals surface area contributed by atoms with Crippen molar-refractivity contribution in [1.82, 2.24) is 4.90 Å². The normalized spacial score (nSPS) is 24.0. The standard InChI is InChI=1S/C15H19NO6S2/c17-15(16-6-8-22-9-7-16)12-1-3-13(4-2-12)24(20,21)14-5-10-23(18,19)11-14/h1-4,14H,5-11H2/t14-/m1/s1. The van der Waals surface area contributed by atoms with Crippen LogP contribution in [0.15, 0.2) is 29.2 Å². The minimum absolute atomic E-state index is 0.0585. The Bertz CT molecular complexity index is 823. The maximum atomic E-state index is 12.5. The number of rotatable bonds is 3. The molecule has 24 heavy (non-hydrogen) atoms. The summed E-state index contributed by atoms with van der Waals surface area (Å²) in [6, 6.07) is 5.73. The van der Waals surface area contributed by atoms with Gasteiger partial charge in [0, 0.05) is 18.7 Å². The number of carbonyl (C=O) groups is 1. The Morgan fingerprint density at radius 3 is 2.29 bits per heavy atom. The van der Waals surface area contributed by atoms with E-state index in [9.17, 15) is 21.6 Å². The molecule has 1 aromatic carbocycles. The lowest BCUT2D eigenvalue weighted by atomic mass is 10.2. The van der Waals surface area contributed by atoms with Gasteiger partial charge < -0.3 is 9.64 Å². The van der Waals surface area contributed by atoms with E-state index in [1.54, 1.807) is 4.90 Å². The quantitative estimate of drug-likeness (QED) is 0.746. The average molecular weight is 373 g/mol. The first-order chi connectivity index (χ1) is 11.3. The molecule has 2 fully saturated rings. The van der Waals surface area contributed by atoms with Gasteiger partial charge in [-0.1, -0.05) is 0 Å². The van der Waals surface area contributed by atoms with Crippen LogP contribution in [0.3, 0.4) is 0 Å². The van der Waals surface area contributed by atoms with E-state index in [4.69, 9.17) is 4.74 Å². The SMILES string of the molecule is O=C(c1ccc(S(=O)(=O)[C@@H]2CCS(=O)(=O)C2)cc1)N1CCOCC1. The molecule has 0 aromatic heterocycles. The molecule has 7 nitrogen and oxygen atoms in total. The van der Waals surface area contributed by atoms with Crippen LogP contribution in [0, 0.1) is 0 Å². The molecule has 1 atom stereocenters. The summed E-state index contributed by atoms with van der Waals surface area (Å²) in [5.74, 6) is -0.584. The van der Waals surface area contributed by atoms with Crippen molar-refractivity contribution < 1.29 is 26.4 Å². The molecule has 1 amide bonds. The number of benzene rings is 1. The van der Waals surface area contributed by atoms with Crippen LogP contribution in [0.5, 0.6) is 0 Å². The minimum Gasteiger partial charge on any atom is -0.378 e. The lowest BCUT2D eigenvalue weighted by molar-refractivity contribution is 0.0303. The Morgan fingerprint density at radius 1 is 1.12 bits per heavy atom. The lowest BCUT2D eigenvalue weighted by Gasteiger charge is -2.26. The van der Waals surface area contributed by atoms with Crippen molar-refractivity contribution in [3.63, 3.8) is 0 Å². The zero-order valence-corrected chi connectivity index (χ0v) is 14.7. The minimum atomic E-state index is -3.70. The molecule has 2 heterocycles. The third kappa shape index (κ3) is 3.47. The zero-order chi connectivity index (χ0) is 17.4. The summed E-state index contributed by atoms with van der Waals surface area (Å²) in [6.45, 7) is 2.01. The van der Waals surface area contributed by atoms with E-state index < -0.39 is 24.9 Å². The Hall–Kier alpha value is -1.45. The second kappa shape index (κ2) is 6.45. The van der Waals surface area contributed by atoms with Gasteiger partial charge in [0.25, 0.3) is 5.91 Å². The highest BCUT2D eigenvalue weighted by Gasteiger charge is 2.38. The lowest BCUT2D eigenvalue weighted by Crippen LogP contribution is -2.40. The first-order valence-electron chi connectivity index (χ1n) is 7.71. The smallest absolute Gasteiger partial charge is 0.254 e. The topological polar surface area (TPSA) is 97.8 Å². The number of carbonyl (C=O) groups excluding carboxylic acids is 1. The van der Waals surface area contributed by atoms with E-state index >= 15 is 0 Å². The van der Waals surface area contributed by atoms with Gasteiger partial charge in [-0.05, 0) is 30.7 Å². The largest absolute Gasteiger partial charge is 0.378 e. The van der Waals surface area contributed by atoms with Crippen molar-refractivity contribution in [2.45, 2.75) is 16.6 Å². The van der Waals surface area contributed by atoms with E-state index in [0.717, 1.165) is 0 Å². The number of morpholine rings is 1. The monoisotopic (exact) mass is 373 g/mol. The first-order valence-corrected chi connectivity index (χ1v) is 11.1. The van der Waals surface area contributed by atoms with Crippen molar-refractivity contribution in [2.75, 3.05) is 37.8 Å². The van der Waals surface area contributed by atoms with Gasteiger partial charge in [0.05, 0.1) is 34.9 Å². The fourth-order valence-electron chi connectivity index (χ4n) is 2.93. The van der Waals surface area contributed by atoms with Gasteiger partial charge in [0.1, 0.15) is 0 Å². The van der Waals surface area contributed by atoms with Gasteiger partial charge in [-0.25, -0.2) is 16.8 Å². The van der Waals surface area contributed by atoms with E-state index in [-0.39, 0.29) is 28.7 Å². The van der Waals surface area contributed by atoms with E-state index in [1.165, 1.54) is 24.3 Å². The van der Waals surface area contributed by atoms with E-state index in [1.807, 2.05) is 0 Å². The van der Waals surface area contributed by atoms with Crippen LogP contribution >= 0.6 is 0 Å². The Balaban J connectivity index is 1.77. The van der Waals surface area contributed by atoms with Crippen LogP contribution in [0.2, 0.25) is 0 Å². The van der Waals surface area contributed by atoms with Crippen molar-refractivity contribution in [3.8, 4) is 0 Å². The summed E-state index contributed by atoms with van der Waals surface area (Å²) < 4.78 is 53.3. The maximum absolute atomic E-state index is 12.5. The molecule has 2 aliphatic heterocycles. The predicted molar refractivity (Wildman–Crippen MR) is 87.4 cm³/mol. The molecule has 0 spiro atoms. The second-order valence-corrected chi connectivity index (χ2v) is 10.5. The van der Waals surface area contributed by atoms with Gasteiger partial charge in [-0.3, -0.25) is 4.79 Å². The van der Waals surface area contributed by atoms with Crippen LogP contribution in [0.4, 0.5) is 0 Å². The Labute approximate surface area is 141 Å². The molecule has 9 heteroatoms. The maximum Gasteiger partial charge on any atom is 0.254 e. The Kier molecular flexibility index (Phi) is 4.67. The summed E-state index contributed by atoms with van der Waals surface area (Å²) in [5, 5.41) is -0.900. The molecule has 1 aromatic rings. The molecule has 2 saturated heterocycles. The number of ether oxygens (including phenoxy) is 1. The molecule has 0 saturated carbocycles. The predicted octanol–water partition coefficient (Wildman–Crippen LogP) is 0.120. The highest BCUT2D eigenvalue weighted by molar-refractivity contribution is 7.96. The van der Waals surface area contributed by atoms with Crippen LogP contribution in [0.1, 0.15) is 16.8 Å². The fourth-order valence-corrected chi connectivity index (χ4v) is 7.29. The van der Waals surface area contributed by atoms with E-state index in [2.05, 4.69) is 0 Å². The number of amides is 1. The molecular weight excluding hydrogens is 354 g/mol. The first kappa shape index (κ1) is 17.4. The van der Waals surface area contributed by atoms with E-state index in [0.29, 0.717) is 31.9 Å². The van der Waals surface area contributed by atoms with Crippen molar-refractivity contribution in [2.24, 2.45) is 0 Å². The summed E-state index contributed by atoms with van der Waals surface area (Å²) in [6.07, 6.45) is 0.124. The second-order valence-electron chi connectivity index (χ2n) is 6.00. The molecule has 0 unspecified atom stereocenters. The molecule has 132 valence electrons. The van der Waals surface area contributed by atoms with Crippen molar-refractivity contribution >= 4 is 25.6 Å². The molecule has 0 N–H and O–H groups in total. The zero-order valence-electron chi connectivity index (χ0n) is 13.0. The van der Waals surface area contributed by atoms with Crippen molar-refractivity contribution in [3.05, 3.63) is 29.8 Å². The number of hydrogen-bond donors (Lipinski definition) is 0. The molecule has 0 radical (unpaired) electrons. The van der Waals surface area contributed by atoms with Gasteiger partial charge in [0.15, 0.2) is 19.7 Å². The average Bonchev–Trinajstić information content (AvgIpc) is 2.96. The summed E-state index contributed by atoms with van der Waals surface area (Å²) in [4.78, 5) is 14.1. The van der Waals surface area contributed by atoms with Crippen molar-refractivity contribution in [1.29, 1.82) is 0 Å². The summed E-state index contributed by atoms with van der Waals surface area (Å²) in [7, 11) is -6.98. The van der Waals surface area contributed by atoms with Crippen LogP contribution in [-0.4, -0.2) is 70.7 Å².